The Morgan fingerprint density at radius 2 is 1.94 bits per heavy atom. The Hall–Kier alpha value is -2.65. The Labute approximate surface area is 188 Å². The topological polar surface area (TPSA) is 40.3 Å². The number of fused-ring (bicyclic) bond motifs is 3. The molecule has 0 radical (unpaired) electrons. The van der Waals surface area contributed by atoms with Gasteiger partial charge < -0.3 is 15.0 Å². The van der Waals surface area contributed by atoms with E-state index < -0.39 is 37.3 Å². The van der Waals surface area contributed by atoms with Crippen molar-refractivity contribution in [2.45, 2.75) is 25.3 Å². The van der Waals surface area contributed by atoms with Gasteiger partial charge in [-0.25, -0.2) is 17.6 Å². The molecular formula is C24H26F5N3O. The third-order valence-corrected chi connectivity index (χ3v) is 5.89. The second-order valence-corrected chi connectivity index (χ2v) is 8.02. The second kappa shape index (κ2) is 10.5. The zero-order valence-corrected chi connectivity index (χ0v) is 18.0. The van der Waals surface area contributed by atoms with Crippen LogP contribution in [0, 0.1) is 11.6 Å². The standard InChI is InChI=1S/C24H26F5N3O/c25-9-3-10-30-11-13-33-19-7-6-17(26)21(22(19)29)24-23-16(8-12-32(24)14-20(27)28)15-4-1-2-5-18(15)31-23/h1-2,4-7,20,24,30-31H,3,8-14H2. The molecule has 0 bridgehead atoms. The van der Waals surface area contributed by atoms with Gasteiger partial charge in [0.2, 0.25) is 0 Å². The fourth-order valence-corrected chi connectivity index (χ4v) is 4.45. The maximum Gasteiger partial charge on any atom is 0.251 e. The van der Waals surface area contributed by atoms with Crippen molar-refractivity contribution in [2.24, 2.45) is 0 Å². The van der Waals surface area contributed by atoms with Gasteiger partial charge in [0.15, 0.2) is 11.6 Å². The van der Waals surface area contributed by atoms with E-state index in [4.69, 9.17) is 4.74 Å². The highest BCUT2D eigenvalue weighted by Gasteiger charge is 2.37. The van der Waals surface area contributed by atoms with Gasteiger partial charge in [-0.15, -0.1) is 0 Å². The van der Waals surface area contributed by atoms with Crippen molar-refractivity contribution >= 4 is 10.9 Å². The quantitative estimate of drug-likeness (QED) is 0.326. The van der Waals surface area contributed by atoms with Gasteiger partial charge in [-0.3, -0.25) is 9.29 Å². The molecule has 0 saturated carbocycles. The molecule has 1 aromatic heterocycles. The zero-order valence-electron chi connectivity index (χ0n) is 18.0. The molecule has 0 aliphatic carbocycles. The molecule has 0 saturated heterocycles. The average molecular weight is 467 g/mol. The normalized spacial score (nSPS) is 16.5. The van der Waals surface area contributed by atoms with Gasteiger partial charge in [0, 0.05) is 29.7 Å². The summed E-state index contributed by atoms with van der Waals surface area (Å²) in [6, 6.07) is 8.73. The predicted octanol–water partition coefficient (Wildman–Crippen LogP) is 4.99. The molecular weight excluding hydrogens is 441 g/mol. The van der Waals surface area contributed by atoms with Gasteiger partial charge in [0.1, 0.15) is 12.4 Å². The number of halogens is 5. The average Bonchev–Trinajstić information content (AvgIpc) is 3.17. The number of aromatic nitrogens is 1. The largest absolute Gasteiger partial charge is 0.489 e. The molecule has 2 aromatic carbocycles. The third-order valence-electron chi connectivity index (χ3n) is 5.89. The highest BCUT2D eigenvalue weighted by molar-refractivity contribution is 5.85. The van der Waals surface area contributed by atoms with E-state index in [1.807, 2.05) is 24.3 Å². The molecule has 3 aromatic rings. The first kappa shape index (κ1) is 23.5. The summed E-state index contributed by atoms with van der Waals surface area (Å²) in [7, 11) is 0. The van der Waals surface area contributed by atoms with Crippen molar-refractivity contribution in [3.8, 4) is 5.75 Å². The lowest BCUT2D eigenvalue weighted by molar-refractivity contribution is 0.0678. The molecule has 1 atom stereocenters. The molecule has 1 unspecified atom stereocenters. The van der Waals surface area contributed by atoms with E-state index in [-0.39, 0.29) is 24.5 Å². The Bertz CT molecular complexity index is 1090. The summed E-state index contributed by atoms with van der Waals surface area (Å²) < 4.78 is 75.0. The number of nitrogens with one attached hydrogen (secondary N) is 2. The molecule has 9 heteroatoms. The Kier molecular flexibility index (Phi) is 7.49. The highest BCUT2D eigenvalue weighted by atomic mass is 19.3. The number of aromatic amines is 1. The van der Waals surface area contributed by atoms with E-state index in [1.54, 1.807) is 0 Å². The van der Waals surface area contributed by atoms with Crippen LogP contribution in [0.5, 0.6) is 5.75 Å². The lowest BCUT2D eigenvalue weighted by Gasteiger charge is -2.36. The van der Waals surface area contributed by atoms with Crippen molar-refractivity contribution in [3.63, 3.8) is 0 Å². The molecule has 1 aliphatic rings. The predicted molar refractivity (Wildman–Crippen MR) is 117 cm³/mol. The smallest absolute Gasteiger partial charge is 0.251 e. The van der Waals surface area contributed by atoms with Gasteiger partial charge in [0.05, 0.1) is 24.8 Å². The molecule has 33 heavy (non-hydrogen) atoms. The molecule has 1 aliphatic heterocycles. The van der Waals surface area contributed by atoms with E-state index in [1.165, 1.54) is 11.0 Å². The van der Waals surface area contributed by atoms with E-state index in [9.17, 15) is 13.2 Å². The fourth-order valence-electron chi connectivity index (χ4n) is 4.45. The molecule has 0 fully saturated rings. The Morgan fingerprint density at radius 1 is 1.12 bits per heavy atom. The van der Waals surface area contributed by atoms with E-state index in [2.05, 4.69) is 10.3 Å². The van der Waals surface area contributed by atoms with Crippen LogP contribution < -0.4 is 10.1 Å². The molecule has 178 valence electrons. The number of nitrogens with zero attached hydrogens (tertiary/aromatic N) is 1. The summed E-state index contributed by atoms with van der Waals surface area (Å²) in [4.78, 5) is 4.62. The number of ether oxygens (including phenoxy) is 1. The van der Waals surface area contributed by atoms with E-state index in [0.29, 0.717) is 31.6 Å². The minimum absolute atomic E-state index is 0.0946. The number of rotatable bonds is 10. The van der Waals surface area contributed by atoms with Crippen LogP contribution in [0.3, 0.4) is 0 Å². The fraction of sp³-hybridized carbons (Fsp3) is 0.417. The maximum absolute atomic E-state index is 15.5. The molecule has 2 heterocycles. The molecule has 4 rings (SSSR count). The number of benzene rings is 2. The van der Waals surface area contributed by atoms with Crippen LogP contribution in [0.25, 0.3) is 10.9 Å². The highest BCUT2D eigenvalue weighted by Crippen LogP contribution is 2.41. The van der Waals surface area contributed by atoms with Crippen LogP contribution in [-0.4, -0.2) is 55.8 Å². The molecule has 4 nitrogen and oxygen atoms in total. The lowest BCUT2D eigenvalue weighted by Crippen LogP contribution is -2.40. The summed E-state index contributed by atoms with van der Waals surface area (Å²) in [6.45, 7) is 0.117. The molecule has 0 amide bonds. The van der Waals surface area contributed by atoms with Crippen molar-refractivity contribution in [2.75, 3.05) is 39.5 Å². The van der Waals surface area contributed by atoms with Crippen molar-refractivity contribution in [3.05, 3.63) is 64.9 Å². The summed E-state index contributed by atoms with van der Waals surface area (Å²) in [5.74, 6) is -1.88. The van der Waals surface area contributed by atoms with Crippen LogP contribution in [-0.2, 0) is 6.42 Å². The SMILES string of the molecule is FCCCNCCOc1ccc(F)c(C2c3[nH]c4ccccc4c3CCN2CC(F)F)c1F. The Morgan fingerprint density at radius 3 is 2.73 bits per heavy atom. The van der Waals surface area contributed by atoms with Gasteiger partial charge in [0.25, 0.3) is 6.43 Å². The van der Waals surface area contributed by atoms with Crippen LogP contribution in [0.15, 0.2) is 36.4 Å². The monoisotopic (exact) mass is 467 g/mol. The summed E-state index contributed by atoms with van der Waals surface area (Å²) in [5.41, 5.74) is 1.87. The number of hydrogen-bond donors (Lipinski definition) is 2. The second-order valence-electron chi connectivity index (χ2n) is 8.02. The van der Waals surface area contributed by atoms with Crippen LogP contribution >= 0.6 is 0 Å². The van der Waals surface area contributed by atoms with E-state index >= 15 is 8.78 Å². The van der Waals surface area contributed by atoms with Gasteiger partial charge >= 0.3 is 0 Å². The first-order valence-corrected chi connectivity index (χ1v) is 11.0. The number of alkyl halides is 3. The first-order valence-electron chi connectivity index (χ1n) is 11.0. The van der Waals surface area contributed by atoms with Gasteiger partial charge in [-0.1, -0.05) is 18.2 Å². The first-order chi connectivity index (χ1) is 16.0. The van der Waals surface area contributed by atoms with E-state index in [0.717, 1.165) is 22.5 Å². The zero-order chi connectivity index (χ0) is 23.4. The minimum Gasteiger partial charge on any atom is -0.489 e. The third kappa shape index (κ3) is 4.99. The summed E-state index contributed by atoms with van der Waals surface area (Å²) in [5, 5.41) is 3.88. The molecule has 2 N–H and O–H groups in total. The van der Waals surface area contributed by atoms with Crippen LogP contribution in [0.1, 0.15) is 29.3 Å². The van der Waals surface area contributed by atoms with Gasteiger partial charge in [-0.2, -0.15) is 0 Å². The minimum atomic E-state index is -2.65. The number of para-hydroxylation sites is 1. The van der Waals surface area contributed by atoms with Crippen LogP contribution in [0.4, 0.5) is 22.0 Å². The lowest BCUT2D eigenvalue weighted by atomic mass is 9.91. The number of hydrogen-bond acceptors (Lipinski definition) is 3. The summed E-state index contributed by atoms with van der Waals surface area (Å²) >= 11 is 0. The number of H-pyrrole nitrogens is 1. The maximum atomic E-state index is 15.5. The van der Waals surface area contributed by atoms with Crippen molar-refractivity contribution < 1.29 is 26.7 Å². The molecule has 0 spiro atoms. The Balaban J connectivity index is 1.69. The van der Waals surface area contributed by atoms with Gasteiger partial charge in [-0.05, 0) is 43.1 Å². The summed E-state index contributed by atoms with van der Waals surface area (Å²) in [6.07, 6.45) is -1.80. The van der Waals surface area contributed by atoms with Crippen LogP contribution in [0.2, 0.25) is 0 Å². The van der Waals surface area contributed by atoms with Crippen molar-refractivity contribution in [1.29, 1.82) is 0 Å². The van der Waals surface area contributed by atoms with Crippen molar-refractivity contribution in [1.82, 2.24) is 15.2 Å².